The van der Waals surface area contributed by atoms with E-state index in [0.29, 0.717) is 16.9 Å². The van der Waals surface area contributed by atoms with Crippen LogP contribution in [-0.2, 0) is 9.84 Å². The van der Waals surface area contributed by atoms with Gasteiger partial charge in [0.25, 0.3) is 0 Å². The molecule has 18 heavy (non-hydrogen) atoms. The maximum absolute atomic E-state index is 12.3. The highest BCUT2D eigenvalue weighted by Gasteiger charge is 2.24. The summed E-state index contributed by atoms with van der Waals surface area (Å²) < 4.78 is 29.5. The van der Waals surface area contributed by atoms with Crippen molar-refractivity contribution < 1.29 is 17.6 Å². The first-order valence-corrected chi connectivity index (χ1v) is 6.88. The number of hydrogen-bond acceptors (Lipinski definition) is 4. The summed E-state index contributed by atoms with van der Waals surface area (Å²) in [5, 5.41) is 0.0909. The Hall–Kier alpha value is -1.59. The molecule has 1 heterocycles. The Morgan fingerprint density at radius 3 is 2.56 bits per heavy atom. The average molecular weight is 285 g/mol. The number of rotatable bonds is 3. The molecule has 0 radical (unpaired) electrons. The highest BCUT2D eigenvalue weighted by molar-refractivity contribution is 7.91. The number of carbonyl (C=O) groups excluding carboxylic acids is 1. The van der Waals surface area contributed by atoms with Gasteiger partial charge in [-0.3, -0.25) is 4.79 Å². The zero-order valence-corrected chi connectivity index (χ0v) is 11.0. The molecule has 0 aliphatic carbocycles. The maximum Gasteiger partial charge on any atom is 0.239 e. The monoisotopic (exact) mass is 284 g/mol. The summed E-state index contributed by atoms with van der Waals surface area (Å²) in [4.78, 5) is 10.6. The van der Waals surface area contributed by atoms with Crippen molar-refractivity contribution in [3.05, 3.63) is 46.7 Å². The second-order valence-electron chi connectivity index (χ2n) is 3.64. The summed E-state index contributed by atoms with van der Waals surface area (Å²) in [5.74, 6) is -0.0340. The van der Waals surface area contributed by atoms with E-state index in [9.17, 15) is 13.2 Å². The molecule has 2 rings (SSSR count). The summed E-state index contributed by atoms with van der Waals surface area (Å²) in [6.07, 6.45) is 0.448. The quantitative estimate of drug-likeness (QED) is 0.813. The Kier molecular flexibility index (Phi) is 3.28. The lowest BCUT2D eigenvalue weighted by molar-refractivity contribution is 0.109. The van der Waals surface area contributed by atoms with Crippen LogP contribution in [0.5, 0.6) is 0 Å². The molecule has 0 unspecified atom stereocenters. The van der Waals surface area contributed by atoms with E-state index in [1.807, 2.05) is 0 Å². The number of carbonyl (C=O) groups is 1. The molecule has 0 spiro atoms. The van der Waals surface area contributed by atoms with Gasteiger partial charge in [0, 0.05) is 5.02 Å². The molecule has 0 amide bonds. The second-order valence-corrected chi connectivity index (χ2v) is 5.90. The van der Waals surface area contributed by atoms with Crippen molar-refractivity contribution >= 4 is 27.7 Å². The van der Waals surface area contributed by atoms with Gasteiger partial charge in [-0.15, -0.1) is 0 Å². The molecule has 0 saturated heterocycles. The highest BCUT2D eigenvalue weighted by Crippen LogP contribution is 2.28. The molecule has 0 saturated carbocycles. The van der Waals surface area contributed by atoms with Crippen LogP contribution in [-0.4, -0.2) is 14.7 Å². The molecule has 0 aliphatic heterocycles. The van der Waals surface area contributed by atoms with Crippen LogP contribution in [0.2, 0.25) is 5.02 Å². The zero-order valence-electron chi connectivity index (χ0n) is 9.38. The molecule has 0 fully saturated rings. The summed E-state index contributed by atoms with van der Waals surface area (Å²) in [7, 11) is -3.79. The van der Waals surface area contributed by atoms with Gasteiger partial charge in [-0.1, -0.05) is 17.7 Å². The Bertz CT molecular complexity index is 701. The van der Waals surface area contributed by atoms with Gasteiger partial charge in [0.1, 0.15) is 0 Å². The van der Waals surface area contributed by atoms with Crippen molar-refractivity contribution in [3.63, 3.8) is 0 Å². The minimum atomic E-state index is -3.79. The van der Waals surface area contributed by atoms with Crippen molar-refractivity contribution in [2.75, 3.05) is 0 Å². The van der Waals surface area contributed by atoms with Crippen LogP contribution >= 0.6 is 11.6 Å². The third-order valence-corrected chi connectivity index (χ3v) is 4.67. The summed E-state index contributed by atoms with van der Waals surface area (Å²) in [6.45, 7) is 1.61. The smallest absolute Gasteiger partial charge is 0.239 e. The largest absolute Gasteiger partial charge is 0.442 e. The van der Waals surface area contributed by atoms with Crippen LogP contribution < -0.4 is 0 Å². The van der Waals surface area contributed by atoms with Crippen molar-refractivity contribution in [2.45, 2.75) is 16.9 Å². The fourth-order valence-electron chi connectivity index (χ4n) is 1.53. The summed E-state index contributed by atoms with van der Waals surface area (Å²) >= 11 is 5.89. The molecule has 6 heteroatoms. The number of aldehydes is 1. The lowest BCUT2D eigenvalue weighted by Crippen LogP contribution is -2.03. The molecule has 0 bridgehead atoms. The maximum atomic E-state index is 12.3. The molecule has 0 N–H and O–H groups in total. The predicted octanol–water partition coefficient (Wildman–Crippen LogP) is 2.89. The Balaban J connectivity index is 2.61. The number of sulfone groups is 1. The van der Waals surface area contributed by atoms with Gasteiger partial charge >= 0.3 is 0 Å². The summed E-state index contributed by atoms with van der Waals surface area (Å²) in [6, 6.07) is 7.15. The van der Waals surface area contributed by atoms with Gasteiger partial charge in [-0.05, 0) is 36.8 Å². The third-order valence-electron chi connectivity index (χ3n) is 2.49. The van der Waals surface area contributed by atoms with Gasteiger partial charge in [-0.25, -0.2) is 8.42 Å². The molecule has 0 aliphatic rings. The van der Waals surface area contributed by atoms with Crippen LogP contribution in [0.15, 0.2) is 44.7 Å². The van der Waals surface area contributed by atoms with E-state index >= 15 is 0 Å². The van der Waals surface area contributed by atoms with E-state index in [0.717, 1.165) is 0 Å². The number of furan rings is 1. The highest BCUT2D eigenvalue weighted by atomic mass is 35.5. The van der Waals surface area contributed by atoms with Gasteiger partial charge < -0.3 is 4.42 Å². The molecule has 1 aromatic carbocycles. The van der Waals surface area contributed by atoms with Crippen LogP contribution in [0.25, 0.3) is 0 Å². The van der Waals surface area contributed by atoms with E-state index in [-0.39, 0.29) is 15.7 Å². The van der Waals surface area contributed by atoms with E-state index in [1.54, 1.807) is 19.1 Å². The first-order chi connectivity index (χ1) is 8.46. The third kappa shape index (κ3) is 2.07. The van der Waals surface area contributed by atoms with Crippen LogP contribution in [0.4, 0.5) is 0 Å². The van der Waals surface area contributed by atoms with Crippen molar-refractivity contribution in [2.24, 2.45) is 0 Å². The van der Waals surface area contributed by atoms with Crippen LogP contribution in [0.1, 0.15) is 16.1 Å². The molecular weight excluding hydrogens is 276 g/mol. The Morgan fingerprint density at radius 1 is 1.22 bits per heavy atom. The molecule has 2 aromatic rings. The molecule has 1 aromatic heterocycles. The van der Waals surface area contributed by atoms with Crippen molar-refractivity contribution in [1.29, 1.82) is 0 Å². The molecule has 0 atom stereocenters. The van der Waals surface area contributed by atoms with Gasteiger partial charge in [0.15, 0.2) is 12.0 Å². The second kappa shape index (κ2) is 4.59. The van der Waals surface area contributed by atoms with E-state index in [1.165, 1.54) is 18.2 Å². The first kappa shape index (κ1) is 12.9. The molecular formula is C12H9ClO4S. The molecule has 94 valence electrons. The standard InChI is InChI=1S/C12H9ClO4S/c1-8-10(13)3-2-4-11(8)18(15,16)12-6-5-9(7-14)17-12/h2-7H,1H3. The first-order valence-electron chi connectivity index (χ1n) is 5.02. The normalized spacial score (nSPS) is 11.4. The van der Waals surface area contributed by atoms with Crippen molar-refractivity contribution in [3.8, 4) is 0 Å². The topological polar surface area (TPSA) is 64.3 Å². The van der Waals surface area contributed by atoms with E-state index in [4.69, 9.17) is 16.0 Å². The van der Waals surface area contributed by atoms with Gasteiger partial charge in [0.2, 0.25) is 14.9 Å². The minimum Gasteiger partial charge on any atom is -0.442 e. The van der Waals surface area contributed by atoms with Gasteiger partial charge in [0.05, 0.1) is 4.90 Å². The lowest BCUT2D eigenvalue weighted by atomic mass is 10.2. The average Bonchev–Trinajstić information content (AvgIpc) is 2.81. The lowest BCUT2D eigenvalue weighted by Gasteiger charge is -2.06. The summed E-state index contributed by atoms with van der Waals surface area (Å²) in [5.41, 5.74) is 0.447. The fourth-order valence-corrected chi connectivity index (χ4v) is 3.20. The minimum absolute atomic E-state index is 0.0340. The SMILES string of the molecule is Cc1c(Cl)cccc1S(=O)(=O)c1ccc(C=O)o1. The Morgan fingerprint density at radius 2 is 1.94 bits per heavy atom. The fraction of sp³-hybridized carbons (Fsp3) is 0.0833. The zero-order chi connectivity index (χ0) is 13.3. The van der Waals surface area contributed by atoms with E-state index in [2.05, 4.69) is 0 Å². The number of benzene rings is 1. The number of halogens is 1. The van der Waals surface area contributed by atoms with Crippen LogP contribution in [0.3, 0.4) is 0 Å². The number of hydrogen-bond donors (Lipinski definition) is 0. The van der Waals surface area contributed by atoms with E-state index < -0.39 is 9.84 Å². The van der Waals surface area contributed by atoms with Gasteiger partial charge in [-0.2, -0.15) is 0 Å². The Labute approximate surface area is 109 Å². The van der Waals surface area contributed by atoms with Crippen LogP contribution in [0, 0.1) is 6.92 Å². The van der Waals surface area contributed by atoms with Crippen molar-refractivity contribution in [1.82, 2.24) is 0 Å². The molecule has 4 nitrogen and oxygen atoms in total. The predicted molar refractivity (Wildman–Crippen MR) is 65.7 cm³/mol.